The fraction of sp³-hybridized carbons (Fsp3) is 0.350. The van der Waals surface area contributed by atoms with E-state index in [2.05, 4.69) is 10.2 Å². The van der Waals surface area contributed by atoms with Gasteiger partial charge in [0.05, 0.1) is 16.7 Å². The molecule has 0 radical (unpaired) electrons. The molecule has 0 aliphatic carbocycles. The lowest BCUT2D eigenvalue weighted by molar-refractivity contribution is -0.385. The van der Waals surface area contributed by atoms with E-state index < -0.39 is 16.8 Å². The van der Waals surface area contributed by atoms with Gasteiger partial charge >= 0.3 is 0 Å². The topological polar surface area (TPSA) is 78.7 Å². The Balaban J connectivity index is 1.74. The van der Waals surface area contributed by atoms with Gasteiger partial charge in [-0.2, -0.15) is 0 Å². The Bertz CT molecular complexity index is 839. The molecule has 7 nitrogen and oxygen atoms in total. The van der Waals surface area contributed by atoms with Crippen LogP contribution in [0.5, 0.6) is 0 Å². The van der Waals surface area contributed by atoms with E-state index in [9.17, 15) is 19.3 Å². The Hall–Kier alpha value is -3.00. The van der Waals surface area contributed by atoms with Crippen molar-refractivity contribution in [3.05, 3.63) is 70.0 Å². The second kappa shape index (κ2) is 8.79. The highest BCUT2D eigenvalue weighted by Gasteiger charge is 2.30. The van der Waals surface area contributed by atoms with E-state index in [1.54, 1.807) is 0 Å². The average molecular weight is 386 g/mol. The van der Waals surface area contributed by atoms with E-state index in [-0.39, 0.29) is 11.6 Å². The van der Waals surface area contributed by atoms with Crippen LogP contribution in [0, 0.1) is 15.9 Å². The minimum atomic E-state index is -0.610. The first-order valence-electron chi connectivity index (χ1n) is 9.27. The van der Waals surface area contributed by atoms with Crippen molar-refractivity contribution in [1.29, 1.82) is 0 Å². The fourth-order valence-electron chi connectivity index (χ4n) is 3.52. The monoisotopic (exact) mass is 386 g/mol. The number of carbonyl (C=O) groups is 1. The molecule has 1 saturated heterocycles. The Morgan fingerprint density at radius 3 is 2.43 bits per heavy atom. The van der Waals surface area contributed by atoms with Crippen molar-refractivity contribution < 1.29 is 14.1 Å². The van der Waals surface area contributed by atoms with Crippen LogP contribution in [0.15, 0.2) is 48.5 Å². The molecule has 1 N–H and O–H groups in total. The van der Waals surface area contributed by atoms with Gasteiger partial charge in [0.25, 0.3) is 5.69 Å². The van der Waals surface area contributed by atoms with Crippen molar-refractivity contribution in [2.24, 2.45) is 0 Å². The van der Waals surface area contributed by atoms with E-state index in [0.29, 0.717) is 38.4 Å². The number of hydrogen-bond donors (Lipinski definition) is 1. The number of nitro benzene ring substituents is 1. The first-order chi connectivity index (χ1) is 13.5. The number of amides is 1. The highest BCUT2D eigenvalue weighted by Crippen LogP contribution is 2.28. The highest BCUT2D eigenvalue weighted by atomic mass is 19.1. The van der Waals surface area contributed by atoms with Crippen LogP contribution < -0.4 is 10.2 Å². The number of piperazine rings is 1. The molecule has 28 heavy (non-hydrogen) atoms. The van der Waals surface area contributed by atoms with Crippen molar-refractivity contribution in [3.8, 4) is 0 Å². The number of nitrogens with one attached hydrogen (secondary N) is 1. The number of anilines is 1. The molecule has 1 aliphatic heterocycles. The molecule has 0 saturated carbocycles. The minimum absolute atomic E-state index is 0.0522. The third-order valence-corrected chi connectivity index (χ3v) is 4.88. The molecular weight excluding hydrogens is 363 g/mol. The standard InChI is InChI=1S/C20H23FN4O3/c1-2-22-20(26)19(15-6-4-3-5-7-15)24-12-10-23(11-13-24)18-9-8-16(25(27)28)14-17(18)21/h3-9,14,19H,2,10-13H2,1H3,(H,22,26)/t19-/m1/s1. The highest BCUT2D eigenvalue weighted by molar-refractivity contribution is 5.83. The Kier molecular flexibility index (Phi) is 6.20. The summed E-state index contributed by atoms with van der Waals surface area (Å²) in [6, 6.07) is 12.9. The summed E-state index contributed by atoms with van der Waals surface area (Å²) in [5, 5.41) is 13.7. The van der Waals surface area contributed by atoms with Crippen LogP contribution in [0.1, 0.15) is 18.5 Å². The molecule has 148 valence electrons. The number of benzene rings is 2. The van der Waals surface area contributed by atoms with Gasteiger partial charge < -0.3 is 10.2 Å². The molecule has 2 aromatic carbocycles. The van der Waals surface area contributed by atoms with E-state index in [1.807, 2.05) is 42.2 Å². The van der Waals surface area contributed by atoms with Crippen LogP contribution in [0.4, 0.5) is 15.8 Å². The summed E-state index contributed by atoms with van der Waals surface area (Å²) in [7, 11) is 0. The molecule has 1 aliphatic rings. The summed E-state index contributed by atoms with van der Waals surface area (Å²) in [5.74, 6) is -0.658. The summed E-state index contributed by atoms with van der Waals surface area (Å²) in [6.45, 7) is 4.64. The van der Waals surface area contributed by atoms with Gasteiger partial charge in [-0.3, -0.25) is 19.8 Å². The second-order valence-electron chi connectivity index (χ2n) is 6.62. The number of likely N-dealkylation sites (N-methyl/N-ethyl adjacent to an activating group) is 1. The molecule has 0 spiro atoms. The van der Waals surface area contributed by atoms with Gasteiger partial charge in [0.2, 0.25) is 5.91 Å². The number of carbonyl (C=O) groups excluding carboxylic acids is 1. The van der Waals surface area contributed by atoms with Crippen molar-refractivity contribution >= 4 is 17.3 Å². The quantitative estimate of drug-likeness (QED) is 0.610. The SMILES string of the molecule is CCNC(=O)[C@@H](c1ccccc1)N1CCN(c2ccc([N+](=O)[O-])cc2F)CC1. The van der Waals surface area contributed by atoms with Gasteiger partial charge in [0.15, 0.2) is 5.82 Å². The van der Waals surface area contributed by atoms with Gasteiger partial charge in [-0.25, -0.2) is 4.39 Å². The van der Waals surface area contributed by atoms with Crippen LogP contribution in [0.25, 0.3) is 0 Å². The maximum Gasteiger partial charge on any atom is 0.272 e. The van der Waals surface area contributed by atoms with Crippen molar-refractivity contribution in [2.75, 3.05) is 37.6 Å². The smallest absolute Gasteiger partial charge is 0.272 e. The van der Waals surface area contributed by atoms with Gasteiger partial charge in [-0.1, -0.05) is 30.3 Å². The lowest BCUT2D eigenvalue weighted by atomic mass is 10.0. The molecular formula is C20H23FN4O3. The van der Waals surface area contributed by atoms with Crippen molar-refractivity contribution in [2.45, 2.75) is 13.0 Å². The molecule has 3 rings (SSSR count). The molecule has 1 fully saturated rings. The van der Waals surface area contributed by atoms with Crippen LogP contribution in [-0.2, 0) is 4.79 Å². The number of nitro groups is 1. The Morgan fingerprint density at radius 1 is 1.18 bits per heavy atom. The number of rotatable bonds is 6. The van der Waals surface area contributed by atoms with Gasteiger partial charge in [0, 0.05) is 38.8 Å². The first kappa shape index (κ1) is 19.8. The van der Waals surface area contributed by atoms with Gasteiger partial charge in [0.1, 0.15) is 6.04 Å². The number of non-ortho nitro benzene ring substituents is 1. The lowest BCUT2D eigenvalue weighted by Crippen LogP contribution is -2.51. The summed E-state index contributed by atoms with van der Waals surface area (Å²) in [4.78, 5) is 26.8. The molecule has 0 bridgehead atoms. The van der Waals surface area contributed by atoms with E-state index in [4.69, 9.17) is 0 Å². The normalized spacial score (nSPS) is 15.9. The maximum atomic E-state index is 14.3. The van der Waals surface area contributed by atoms with E-state index in [1.165, 1.54) is 12.1 Å². The summed E-state index contributed by atoms with van der Waals surface area (Å²) < 4.78 is 14.3. The van der Waals surface area contributed by atoms with Gasteiger partial charge in [-0.05, 0) is 18.6 Å². The minimum Gasteiger partial charge on any atom is -0.367 e. The first-order valence-corrected chi connectivity index (χ1v) is 9.27. The predicted molar refractivity (Wildman–Crippen MR) is 105 cm³/mol. The average Bonchev–Trinajstić information content (AvgIpc) is 2.70. The second-order valence-corrected chi connectivity index (χ2v) is 6.62. The lowest BCUT2D eigenvalue weighted by Gasteiger charge is -2.39. The molecule has 0 unspecified atom stereocenters. The van der Waals surface area contributed by atoms with Gasteiger partial charge in [-0.15, -0.1) is 0 Å². The Morgan fingerprint density at radius 2 is 1.86 bits per heavy atom. The van der Waals surface area contributed by atoms with Crippen LogP contribution in [-0.4, -0.2) is 48.5 Å². The molecule has 8 heteroatoms. The zero-order valence-electron chi connectivity index (χ0n) is 15.7. The summed E-state index contributed by atoms with van der Waals surface area (Å²) in [5.41, 5.74) is 1.00. The zero-order chi connectivity index (χ0) is 20.1. The number of hydrogen-bond acceptors (Lipinski definition) is 5. The Labute approximate surface area is 162 Å². The van der Waals surface area contributed by atoms with Crippen LogP contribution in [0.3, 0.4) is 0 Å². The molecule has 0 aromatic heterocycles. The molecule has 1 amide bonds. The maximum absolute atomic E-state index is 14.3. The van der Waals surface area contributed by atoms with E-state index in [0.717, 1.165) is 11.6 Å². The predicted octanol–water partition coefficient (Wildman–Crippen LogP) is 2.73. The summed E-state index contributed by atoms with van der Waals surface area (Å²) >= 11 is 0. The van der Waals surface area contributed by atoms with Crippen molar-refractivity contribution in [3.63, 3.8) is 0 Å². The van der Waals surface area contributed by atoms with E-state index >= 15 is 0 Å². The zero-order valence-corrected chi connectivity index (χ0v) is 15.7. The van der Waals surface area contributed by atoms with Crippen LogP contribution >= 0.6 is 0 Å². The number of halogens is 1. The molecule has 1 atom stereocenters. The molecule has 1 heterocycles. The number of nitrogens with zero attached hydrogens (tertiary/aromatic N) is 3. The van der Waals surface area contributed by atoms with Crippen molar-refractivity contribution in [1.82, 2.24) is 10.2 Å². The summed E-state index contributed by atoms with van der Waals surface area (Å²) in [6.07, 6.45) is 0. The largest absolute Gasteiger partial charge is 0.367 e. The van der Waals surface area contributed by atoms with Crippen LogP contribution in [0.2, 0.25) is 0 Å². The third-order valence-electron chi connectivity index (χ3n) is 4.88. The molecule has 2 aromatic rings. The third kappa shape index (κ3) is 4.28. The fourth-order valence-corrected chi connectivity index (χ4v) is 3.52.